The number of azo groups is 1. The number of non-ortho nitro benzene ring substituents is 1. The van der Waals surface area contributed by atoms with E-state index in [1.807, 2.05) is 0 Å². The van der Waals surface area contributed by atoms with Crippen LogP contribution >= 0.6 is 0 Å². The highest BCUT2D eigenvalue weighted by molar-refractivity contribution is 5.45. The largest absolute Gasteiger partial charge is 0.384 e. The number of nitro groups is 1. The second-order valence-corrected chi connectivity index (χ2v) is 3.44. The fraction of sp³-hybridized carbons (Fsp3) is 0.100. The number of rotatable bonds is 3. The monoisotopic (exact) mass is 248 g/mol. The molecule has 1 N–H and O–H groups in total. The zero-order valence-electron chi connectivity index (χ0n) is 9.28. The predicted molar refractivity (Wildman–Crippen MR) is 61.3 cm³/mol. The van der Waals surface area contributed by atoms with Crippen LogP contribution in [0.25, 0.3) is 0 Å². The highest BCUT2D eigenvalue weighted by Crippen LogP contribution is 2.20. The molecule has 0 amide bonds. The predicted octanol–water partition coefficient (Wildman–Crippen LogP) is 2.60. The number of aryl methyl sites for hydroxylation is 1. The molecule has 1 aromatic carbocycles. The van der Waals surface area contributed by atoms with Gasteiger partial charge in [0, 0.05) is 12.1 Å². The van der Waals surface area contributed by atoms with Crippen LogP contribution < -0.4 is 5.63 Å². The molecule has 2 aromatic rings. The van der Waals surface area contributed by atoms with Crippen LogP contribution in [0, 0.1) is 17.0 Å². The van der Waals surface area contributed by atoms with E-state index in [1.165, 1.54) is 24.3 Å². The maximum atomic E-state index is 11.2. The van der Waals surface area contributed by atoms with Crippen molar-refractivity contribution in [3.63, 3.8) is 0 Å². The summed E-state index contributed by atoms with van der Waals surface area (Å²) < 4.78 is 4.51. The average Bonchev–Trinajstić information content (AvgIpc) is 2.67. The lowest BCUT2D eigenvalue weighted by molar-refractivity contribution is -0.384. The fourth-order valence-electron chi connectivity index (χ4n) is 1.24. The minimum absolute atomic E-state index is 0.0358. The summed E-state index contributed by atoms with van der Waals surface area (Å²) in [5, 5.41) is 20.3. The van der Waals surface area contributed by atoms with Crippen LogP contribution in [0.3, 0.4) is 0 Å². The molecule has 0 unspecified atom stereocenters. The number of nitrogens with one attached hydrogen (secondary N) is 1. The Balaban J connectivity index is 2.24. The first-order valence-corrected chi connectivity index (χ1v) is 4.92. The van der Waals surface area contributed by atoms with Gasteiger partial charge in [0.2, 0.25) is 0 Å². The molecule has 0 radical (unpaired) electrons. The smallest absolute Gasteiger partial charge is 0.336 e. The molecule has 0 saturated heterocycles. The third-order valence-electron chi connectivity index (χ3n) is 2.17. The van der Waals surface area contributed by atoms with Crippen molar-refractivity contribution < 1.29 is 9.45 Å². The molecule has 0 atom stereocenters. The Labute approximate surface area is 100 Å². The van der Waals surface area contributed by atoms with Crippen LogP contribution in [-0.4, -0.2) is 10.1 Å². The van der Waals surface area contributed by atoms with Crippen molar-refractivity contribution in [1.82, 2.24) is 5.16 Å². The van der Waals surface area contributed by atoms with Crippen LogP contribution in [0.4, 0.5) is 17.1 Å². The van der Waals surface area contributed by atoms with Crippen molar-refractivity contribution in [2.24, 2.45) is 10.2 Å². The van der Waals surface area contributed by atoms with Crippen molar-refractivity contribution in [3.8, 4) is 0 Å². The zero-order chi connectivity index (χ0) is 13.1. The molecule has 18 heavy (non-hydrogen) atoms. The summed E-state index contributed by atoms with van der Waals surface area (Å²) >= 11 is 0. The normalized spacial score (nSPS) is 10.9. The first kappa shape index (κ1) is 11.7. The quantitative estimate of drug-likeness (QED) is 0.510. The van der Waals surface area contributed by atoms with Gasteiger partial charge in [-0.3, -0.25) is 10.1 Å². The van der Waals surface area contributed by atoms with E-state index in [2.05, 4.69) is 19.9 Å². The Morgan fingerprint density at radius 1 is 1.28 bits per heavy atom. The number of nitrogens with zero attached hydrogens (tertiary/aromatic N) is 3. The van der Waals surface area contributed by atoms with Crippen LogP contribution in [0.5, 0.6) is 0 Å². The van der Waals surface area contributed by atoms with Gasteiger partial charge in [-0.25, -0.2) is 9.95 Å². The standard InChI is InChI=1S/C10H8N4O4/c1-6-9(10(15)18-13-6)12-11-7-2-4-8(5-3-7)14(16)17/h2-5,13H,1H3. The Kier molecular flexibility index (Phi) is 3.00. The third kappa shape index (κ3) is 2.32. The van der Waals surface area contributed by atoms with E-state index >= 15 is 0 Å². The number of H-pyrrole nitrogens is 1. The lowest BCUT2D eigenvalue weighted by Gasteiger charge is -1.92. The first-order valence-electron chi connectivity index (χ1n) is 4.92. The van der Waals surface area contributed by atoms with Crippen molar-refractivity contribution >= 4 is 17.1 Å². The van der Waals surface area contributed by atoms with E-state index < -0.39 is 10.5 Å². The van der Waals surface area contributed by atoms with Crippen LogP contribution in [-0.2, 0) is 0 Å². The van der Waals surface area contributed by atoms with Crippen LogP contribution in [0.15, 0.2) is 43.8 Å². The van der Waals surface area contributed by atoms with Gasteiger partial charge in [-0.05, 0) is 19.1 Å². The molecule has 1 heterocycles. The van der Waals surface area contributed by atoms with Crippen molar-refractivity contribution in [2.45, 2.75) is 6.92 Å². The van der Waals surface area contributed by atoms with E-state index in [4.69, 9.17) is 0 Å². The van der Waals surface area contributed by atoms with Gasteiger partial charge in [-0.1, -0.05) is 0 Å². The first-order chi connectivity index (χ1) is 8.58. The van der Waals surface area contributed by atoms with Gasteiger partial charge in [0.1, 0.15) is 0 Å². The van der Waals surface area contributed by atoms with Crippen LogP contribution in [0.2, 0.25) is 0 Å². The summed E-state index contributed by atoms with van der Waals surface area (Å²) in [7, 11) is 0. The molecule has 0 aliphatic heterocycles. The van der Waals surface area contributed by atoms with Crippen molar-refractivity contribution in [2.75, 3.05) is 0 Å². The molecule has 2 rings (SSSR count). The second kappa shape index (κ2) is 4.62. The van der Waals surface area contributed by atoms with Gasteiger partial charge >= 0.3 is 5.63 Å². The molecule has 0 fully saturated rings. The fourth-order valence-corrected chi connectivity index (χ4v) is 1.24. The molecule has 0 aliphatic rings. The SMILES string of the molecule is Cc1[nH]oc(=O)c1N=Nc1ccc([N+](=O)[O-])cc1. The molecule has 0 spiro atoms. The van der Waals surface area contributed by atoms with Crippen molar-refractivity contribution in [1.29, 1.82) is 0 Å². The number of aromatic nitrogens is 1. The van der Waals surface area contributed by atoms with E-state index in [1.54, 1.807) is 6.92 Å². The van der Waals surface area contributed by atoms with Crippen LogP contribution in [0.1, 0.15) is 5.69 Å². The molecule has 92 valence electrons. The summed E-state index contributed by atoms with van der Waals surface area (Å²) in [6.45, 7) is 1.62. The summed E-state index contributed by atoms with van der Waals surface area (Å²) in [5.74, 6) is 0. The Morgan fingerprint density at radius 2 is 1.94 bits per heavy atom. The summed E-state index contributed by atoms with van der Waals surface area (Å²) in [6.07, 6.45) is 0. The van der Waals surface area contributed by atoms with Gasteiger partial charge in [-0.15, -0.1) is 5.11 Å². The highest BCUT2D eigenvalue weighted by atomic mass is 16.6. The van der Waals surface area contributed by atoms with E-state index in [0.717, 1.165) is 0 Å². The van der Waals surface area contributed by atoms with Gasteiger partial charge in [0.05, 0.1) is 16.3 Å². The average molecular weight is 248 g/mol. The molecular weight excluding hydrogens is 240 g/mol. The highest BCUT2D eigenvalue weighted by Gasteiger charge is 2.07. The topological polar surface area (TPSA) is 114 Å². The number of hydrogen-bond acceptors (Lipinski definition) is 6. The maximum Gasteiger partial charge on any atom is 0.384 e. The number of benzene rings is 1. The number of hydrogen-bond donors (Lipinski definition) is 1. The minimum atomic E-state index is -0.613. The molecule has 8 nitrogen and oxygen atoms in total. The molecule has 8 heteroatoms. The summed E-state index contributed by atoms with van der Waals surface area (Å²) in [4.78, 5) is 21.1. The molecule has 0 saturated carbocycles. The molecule has 0 bridgehead atoms. The lowest BCUT2D eigenvalue weighted by atomic mass is 10.3. The number of nitro benzene ring substituents is 1. The third-order valence-corrected chi connectivity index (χ3v) is 2.17. The van der Waals surface area contributed by atoms with E-state index in [0.29, 0.717) is 11.4 Å². The molecule has 0 aliphatic carbocycles. The zero-order valence-corrected chi connectivity index (χ0v) is 9.28. The van der Waals surface area contributed by atoms with Gasteiger partial charge in [-0.2, -0.15) is 5.11 Å². The lowest BCUT2D eigenvalue weighted by Crippen LogP contribution is -1.89. The van der Waals surface area contributed by atoms with Gasteiger partial charge in [0.25, 0.3) is 5.69 Å². The Bertz CT molecular complexity index is 653. The second-order valence-electron chi connectivity index (χ2n) is 3.44. The summed E-state index contributed by atoms with van der Waals surface area (Å²) in [5.41, 5.74) is 0.295. The summed E-state index contributed by atoms with van der Waals surface area (Å²) in [6, 6.07) is 5.48. The van der Waals surface area contributed by atoms with E-state index in [-0.39, 0.29) is 11.4 Å². The van der Waals surface area contributed by atoms with E-state index in [9.17, 15) is 14.9 Å². The van der Waals surface area contributed by atoms with Gasteiger partial charge < -0.3 is 4.52 Å². The van der Waals surface area contributed by atoms with Crippen molar-refractivity contribution in [3.05, 3.63) is 50.5 Å². The molecule has 1 aromatic heterocycles. The minimum Gasteiger partial charge on any atom is -0.336 e. The Morgan fingerprint density at radius 3 is 2.44 bits per heavy atom. The number of aromatic amines is 1. The maximum absolute atomic E-state index is 11.2. The van der Waals surface area contributed by atoms with Gasteiger partial charge in [0.15, 0.2) is 5.69 Å². The Hall–Kier alpha value is -2.77. The molecular formula is C10H8N4O4.